The van der Waals surface area contributed by atoms with Crippen LogP contribution in [0.25, 0.3) is 11.1 Å². The largest absolute Gasteiger partial charge is 0.490 e. The summed E-state index contributed by atoms with van der Waals surface area (Å²) in [6.45, 7) is 3.26. The highest BCUT2D eigenvalue weighted by molar-refractivity contribution is 5.94. The number of carbonyl (C=O) groups is 3. The number of nitrogens with one attached hydrogen (secondary N) is 2. The average Bonchev–Trinajstić information content (AvgIpc) is 3.64. The number of hydrogen-bond donors (Lipinski definition) is 4. The number of carboxylic acids is 2. The standard InChI is InChI=1S/C27H25FN4O.2C2HF3O2/c28-26-8-7-19(14-31-27(33)22-6-1-3-18(9-22)13-29)11-25(26)21-5-2-4-20(10-21)16-32-17-23-12-24(32)15-30-23;2*3-2(4,5)1(6)7/h1-11,23-24,30H,12,14-17H2,(H,31,33);2*(H,6,7)/t23-,24-;;/m0../s1. The molecule has 4 N–H and O–H groups in total. The number of amides is 1. The molecule has 1 amide bonds. The molecule has 47 heavy (non-hydrogen) atoms. The molecule has 2 aliphatic rings. The summed E-state index contributed by atoms with van der Waals surface area (Å²) in [5.41, 5.74) is 4.21. The predicted molar refractivity (Wildman–Crippen MR) is 152 cm³/mol. The van der Waals surface area contributed by atoms with Gasteiger partial charge < -0.3 is 20.8 Å². The fraction of sp³-hybridized carbons (Fsp3) is 0.290. The smallest absolute Gasteiger partial charge is 0.475 e. The lowest BCUT2D eigenvalue weighted by atomic mass is 10.00. The van der Waals surface area contributed by atoms with Crippen LogP contribution >= 0.6 is 0 Å². The van der Waals surface area contributed by atoms with Crippen molar-refractivity contribution < 1.29 is 55.3 Å². The van der Waals surface area contributed by atoms with Crippen molar-refractivity contribution in [2.45, 2.75) is 43.9 Å². The summed E-state index contributed by atoms with van der Waals surface area (Å²) in [6, 6.07) is 22.8. The number of carboxylic acid groups (broad SMARTS) is 2. The molecule has 0 spiro atoms. The van der Waals surface area contributed by atoms with E-state index in [2.05, 4.69) is 27.7 Å². The van der Waals surface area contributed by atoms with Crippen molar-refractivity contribution in [2.24, 2.45) is 0 Å². The van der Waals surface area contributed by atoms with Crippen LogP contribution in [0.15, 0.2) is 66.7 Å². The number of fused-ring (bicyclic) bond motifs is 2. The van der Waals surface area contributed by atoms with Gasteiger partial charge in [0.05, 0.1) is 11.6 Å². The summed E-state index contributed by atoms with van der Waals surface area (Å²) in [6.07, 6.45) is -8.96. The van der Waals surface area contributed by atoms with E-state index < -0.39 is 24.3 Å². The topological polar surface area (TPSA) is 143 Å². The number of halogens is 7. The monoisotopic (exact) mass is 668 g/mol. The van der Waals surface area contributed by atoms with Crippen LogP contribution in [0.4, 0.5) is 30.7 Å². The summed E-state index contributed by atoms with van der Waals surface area (Å²) in [5.74, 6) is -6.07. The maximum atomic E-state index is 14.7. The number of likely N-dealkylation sites (tertiary alicyclic amines) is 1. The fourth-order valence-electron chi connectivity index (χ4n) is 4.83. The highest BCUT2D eigenvalue weighted by atomic mass is 19.4. The Bertz CT molecular complexity index is 1620. The van der Waals surface area contributed by atoms with E-state index in [0.29, 0.717) is 28.8 Å². The Kier molecular flexibility index (Phi) is 12.0. The Hall–Kier alpha value is -5.01. The zero-order chi connectivity index (χ0) is 34.9. The third-order valence-electron chi connectivity index (χ3n) is 7.02. The molecule has 3 aromatic carbocycles. The highest BCUT2D eigenvalue weighted by Gasteiger charge is 2.39. The molecule has 16 heteroatoms. The first-order chi connectivity index (χ1) is 22.0. The lowest BCUT2D eigenvalue weighted by molar-refractivity contribution is -0.193. The first kappa shape index (κ1) is 36.5. The third kappa shape index (κ3) is 10.8. The van der Waals surface area contributed by atoms with E-state index in [1.54, 1.807) is 36.4 Å². The zero-order valence-corrected chi connectivity index (χ0v) is 24.2. The second kappa shape index (κ2) is 15.5. The van der Waals surface area contributed by atoms with Crippen LogP contribution in [0.5, 0.6) is 0 Å². The fourth-order valence-corrected chi connectivity index (χ4v) is 4.83. The van der Waals surface area contributed by atoms with Crippen molar-refractivity contribution >= 4 is 17.8 Å². The van der Waals surface area contributed by atoms with Crippen molar-refractivity contribution in [1.82, 2.24) is 15.5 Å². The second-order valence-corrected chi connectivity index (χ2v) is 10.4. The summed E-state index contributed by atoms with van der Waals surface area (Å²) in [5, 5.41) is 29.6. The number of piperazine rings is 1. The number of benzene rings is 3. The summed E-state index contributed by atoms with van der Waals surface area (Å²) in [4.78, 5) is 32.8. The van der Waals surface area contributed by atoms with Gasteiger partial charge in [-0.1, -0.05) is 30.3 Å². The van der Waals surface area contributed by atoms with Crippen LogP contribution in [0.3, 0.4) is 0 Å². The van der Waals surface area contributed by atoms with Crippen LogP contribution in [0, 0.1) is 17.1 Å². The minimum Gasteiger partial charge on any atom is -0.475 e. The van der Waals surface area contributed by atoms with E-state index in [-0.39, 0.29) is 18.3 Å². The van der Waals surface area contributed by atoms with Crippen molar-refractivity contribution in [3.05, 3.63) is 94.8 Å². The maximum Gasteiger partial charge on any atom is 0.490 e. The molecule has 0 aliphatic carbocycles. The Balaban J connectivity index is 0.000000360. The zero-order valence-electron chi connectivity index (χ0n) is 24.2. The highest BCUT2D eigenvalue weighted by Crippen LogP contribution is 2.28. The van der Waals surface area contributed by atoms with Gasteiger partial charge in [0.15, 0.2) is 0 Å². The summed E-state index contributed by atoms with van der Waals surface area (Å²) in [7, 11) is 0. The molecule has 250 valence electrons. The van der Waals surface area contributed by atoms with E-state index in [0.717, 1.165) is 30.8 Å². The van der Waals surface area contributed by atoms with E-state index in [4.69, 9.17) is 25.1 Å². The van der Waals surface area contributed by atoms with Gasteiger partial charge in [-0.3, -0.25) is 9.69 Å². The molecule has 2 fully saturated rings. The van der Waals surface area contributed by atoms with E-state index in [9.17, 15) is 35.5 Å². The SMILES string of the molecule is N#Cc1cccc(C(=O)NCc2ccc(F)c(-c3cccc(CN4C[C@@H]5C[C@H]4CN5)c3)c2)c1.O=C(O)C(F)(F)F.O=C(O)C(F)(F)F. The molecule has 3 aromatic rings. The number of alkyl halides is 6. The van der Waals surface area contributed by atoms with Crippen LogP contribution in [0.2, 0.25) is 0 Å². The molecule has 2 heterocycles. The van der Waals surface area contributed by atoms with Gasteiger partial charge in [0.25, 0.3) is 5.91 Å². The lowest BCUT2D eigenvalue weighted by Gasteiger charge is -2.27. The summed E-state index contributed by atoms with van der Waals surface area (Å²) < 4.78 is 78.2. The van der Waals surface area contributed by atoms with Crippen molar-refractivity contribution in [3.8, 4) is 17.2 Å². The van der Waals surface area contributed by atoms with Crippen LogP contribution in [-0.2, 0) is 22.7 Å². The van der Waals surface area contributed by atoms with Gasteiger partial charge in [0, 0.05) is 49.4 Å². The number of hydrogen-bond acceptors (Lipinski definition) is 6. The van der Waals surface area contributed by atoms with Gasteiger partial charge in [0.1, 0.15) is 5.82 Å². The van der Waals surface area contributed by atoms with Gasteiger partial charge >= 0.3 is 24.3 Å². The molecule has 5 rings (SSSR count). The maximum absolute atomic E-state index is 14.7. The van der Waals surface area contributed by atoms with Gasteiger partial charge in [-0.25, -0.2) is 14.0 Å². The first-order valence-corrected chi connectivity index (χ1v) is 13.7. The van der Waals surface area contributed by atoms with Crippen LogP contribution in [0.1, 0.15) is 33.5 Å². The molecule has 0 aromatic heterocycles. The molecule has 2 saturated heterocycles. The van der Waals surface area contributed by atoms with Gasteiger partial charge in [-0.2, -0.15) is 31.6 Å². The number of nitriles is 1. The average molecular weight is 669 g/mol. The van der Waals surface area contributed by atoms with E-state index in [1.807, 2.05) is 18.2 Å². The molecule has 2 aliphatic heterocycles. The number of nitrogens with zero attached hydrogens (tertiary/aromatic N) is 2. The Labute approximate surface area is 263 Å². The normalized spacial score (nSPS) is 17.0. The Morgan fingerprint density at radius 1 is 0.915 bits per heavy atom. The number of carbonyl (C=O) groups excluding carboxylic acids is 1. The van der Waals surface area contributed by atoms with Crippen molar-refractivity contribution in [2.75, 3.05) is 13.1 Å². The van der Waals surface area contributed by atoms with E-state index >= 15 is 0 Å². The molecular formula is C31H27F7N4O5. The summed E-state index contributed by atoms with van der Waals surface area (Å²) >= 11 is 0. The van der Waals surface area contributed by atoms with Gasteiger partial charge in [-0.05, 0) is 59.5 Å². The van der Waals surface area contributed by atoms with E-state index in [1.165, 1.54) is 18.1 Å². The molecule has 0 saturated carbocycles. The number of aliphatic carboxylic acids is 2. The van der Waals surface area contributed by atoms with Gasteiger partial charge in [-0.15, -0.1) is 0 Å². The molecule has 0 radical (unpaired) electrons. The minimum absolute atomic E-state index is 0.269. The Morgan fingerprint density at radius 3 is 2.11 bits per heavy atom. The molecule has 2 atom stereocenters. The Morgan fingerprint density at radius 2 is 1.55 bits per heavy atom. The molecule has 9 nitrogen and oxygen atoms in total. The number of rotatable bonds is 6. The molecule has 0 unspecified atom stereocenters. The first-order valence-electron chi connectivity index (χ1n) is 13.7. The van der Waals surface area contributed by atoms with Crippen molar-refractivity contribution in [1.29, 1.82) is 5.26 Å². The predicted octanol–water partition coefficient (Wildman–Crippen LogP) is 5.11. The lowest BCUT2D eigenvalue weighted by Crippen LogP contribution is -2.42. The second-order valence-electron chi connectivity index (χ2n) is 10.4. The minimum atomic E-state index is -5.08. The van der Waals surface area contributed by atoms with Crippen LogP contribution in [-0.4, -0.2) is 70.5 Å². The molecular weight excluding hydrogens is 641 g/mol. The van der Waals surface area contributed by atoms with Crippen molar-refractivity contribution in [3.63, 3.8) is 0 Å². The quantitative estimate of drug-likeness (QED) is 0.266. The molecule has 2 bridgehead atoms. The van der Waals surface area contributed by atoms with Crippen LogP contribution < -0.4 is 10.6 Å². The van der Waals surface area contributed by atoms with Gasteiger partial charge in [0.2, 0.25) is 0 Å². The third-order valence-corrected chi connectivity index (χ3v) is 7.02.